The summed E-state index contributed by atoms with van der Waals surface area (Å²) in [4.78, 5) is 10.7. The van der Waals surface area contributed by atoms with E-state index in [-0.39, 0.29) is 24.8 Å². The Balaban J connectivity index is 2.56. The number of rotatable bonds is 1. The Labute approximate surface area is 65.4 Å². The molecule has 1 heterocycles. The van der Waals surface area contributed by atoms with Crippen molar-refractivity contribution >= 4 is 16.0 Å². The van der Waals surface area contributed by atoms with E-state index < -0.39 is 10.2 Å². The lowest BCUT2D eigenvalue weighted by molar-refractivity contribution is -0.120. The highest BCUT2D eigenvalue weighted by Crippen LogP contribution is 2.00. The van der Waals surface area contributed by atoms with E-state index in [0.29, 0.717) is 0 Å². The van der Waals surface area contributed by atoms with Gasteiger partial charge in [-0.05, 0) is 6.92 Å². The van der Waals surface area contributed by atoms with E-state index in [1.165, 1.54) is 6.92 Å². The fourth-order valence-corrected chi connectivity index (χ4v) is 1.77. The first-order valence-corrected chi connectivity index (χ1v) is 4.74. The average molecular weight is 178 g/mol. The van der Waals surface area contributed by atoms with E-state index >= 15 is 0 Å². The van der Waals surface area contributed by atoms with Gasteiger partial charge < -0.3 is 0 Å². The molecule has 1 fully saturated rings. The lowest BCUT2D eigenvalue weighted by Crippen LogP contribution is -2.50. The van der Waals surface area contributed by atoms with Crippen LogP contribution >= 0.6 is 0 Å². The van der Waals surface area contributed by atoms with Crippen molar-refractivity contribution in [2.24, 2.45) is 5.92 Å². The lowest BCUT2D eigenvalue weighted by Gasteiger charge is -2.20. The van der Waals surface area contributed by atoms with Gasteiger partial charge in [-0.2, -0.15) is 8.42 Å². The molecule has 0 saturated carbocycles. The quantitative estimate of drug-likeness (QED) is 0.520. The Bertz CT molecular complexity index is 245. The zero-order chi connectivity index (χ0) is 8.48. The van der Waals surface area contributed by atoms with Gasteiger partial charge in [-0.15, -0.1) is 0 Å². The molecule has 1 aliphatic heterocycles. The fourth-order valence-electron chi connectivity index (χ4n) is 0.831. The van der Waals surface area contributed by atoms with Crippen LogP contribution in [0.1, 0.15) is 6.92 Å². The van der Waals surface area contributed by atoms with Crippen LogP contribution in [-0.2, 0) is 15.0 Å². The monoisotopic (exact) mass is 178 g/mol. The first-order chi connectivity index (χ1) is 5.01. The molecule has 0 aromatic rings. The number of hydrogen-bond acceptors (Lipinski definition) is 3. The number of carbonyl (C=O) groups excluding carboxylic acids is 1. The van der Waals surface area contributed by atoms with Gasteiger partial charge in [0.25, 0.3) is 10.2 Å². The number of Topliss-reactive ketones (excluding diaryl/α,β-unsaturated/α-hetero) is 1. The minimum absolute atomic E-state index is 0.0000926. The highest BCUT2D eigenvalue weighted by Gasteiger charge is 2.24. The molecule has 5 nitrogen and oxygen atoms in total. The van der Waals surface area contributed by atoms with Crippen LogP contribution in [0.25, 0.3) is 0 Å². The summed E-state index contributed by atoms with van der Waals surface area (Å²) in [6.45, 7) is 1.88. The van der Waals surface area contributed by atoms with E-state index in [1.54, 1.807) is 0 Å². The molecule has 0 unspecified atom stereocenters. The molecule has 0 amide bonds. The summed E-state index contributed by atoms with van der Waals surface area (Å²) in [6.07, 6.45) is 0. The van der Waals surface area contributed by atoms with E-state index in [2.05, 4.69) is 9.44 Å². The molecule has 0 aliphatic carbocycles. The summed E-state index contributed by atoms with van der Waals surface area (Å²) < 4.78 is 25.8. The Morgan fingerprint density at radius 3 is 2.18 bits per heavy atom. The molecule has 0 aromatic heterocycles. The highest BCUT2D eigenvalue weighted by molar-refractivity contribution is 7.87. The molecule has 6 heteroatoms. The Morgan fingerprint density at radius 1 is 1.36 bits per heavy atom. The molecule has 0 aromatic carbocycles. The summed E-state index contributed by atoms with van der Waals surface area (Å²) in [6, 6.07) is 0. The molecule has 64 valence electrons. The number of nitrogens with one attached hydrogen (secondary N) is 2. The van der Waals surface area contributed by atoms with Crippen molar-refractivity contribution in [1.82, 2.24) is 9.44 Å². The van der Waals surface area contributed by atoms with Crippen LogP contribution in [0.5, 0.6) is 0 Å². The maximum Gasteiger partial charge on any atom is 0.276 e. The molecule has 0 atom stereocenters. The molecule has 2 N–H and O–H groups in total. The van der Waals surface area contributed by atoms with Gasteiger partial charge in [0.15, 0.2) is 0 Å². The van der Waals surface area contributed by atoms with Gasteiger partial charge in [0.2, 0.25) is 0 Å². The third-order valence-corrected chi connectivity index (χ3v) is 2.71. The second-order valence-corrected chi connectivity index (χ2v) is 4.09. The third-order valence-electron chi connectivity index (χ3n) is 1.61. The van der Waals surface area contributed by atoms with Gasteiger partial charge in [0.05, 0.1) is 0 Å². The van der Waals surface area contributed by atoms with Gasteiger partial charge in [-0.3, -0.25) is 4.79 Å². The van der Waals surface area contributed by atoms with Crippen LogP contribution in [0.3, 0.4) is 0 Å². The van der Waals surface area contributed by atoms with Crippen LogP contribution in [0.4, 0.5) is 0 Å². The smallest absolute Gasteiger partial charge is 0.276 e. The predicted octanol–water partition coefficient (Wildman–Crippen LogP) is -1.37. The van der Waals surface area contributed by atoms with Crippen LogP contribution < -0.4 is 9.44 Å². The average Bonchev–Trinajstić information content (AvgIpc) is 1.86. The van der Waals surface area contributed by atoms with Gasteiger partial charge in [0.1, 0.15) is 5.78 Å². The fraction of sp³-hybridized carbons (Fsp3) is 0.800. The van der Waals surface area contributed by atoms with Crippen molar-refractivity contribution in [2.45, 2.75) is 6.92 Å². The van der Waals surface area contributed by atoms with Gasteiger partial charge in [0, 0.05) is 19.0 Å². The minimum Gasteiger partial charge on any atom is -0.300 e. The maximum absolute atomic E-state index is 10.7. The van der Waals surface area contributed by atoms with Gasteiger partial charge in [-0.25, -0.2) is 9.44 Å². The van der Waals surface area contributed by atoms with Crippen molar-refractivity contribution in [3.63, 3.8) is 0 Å². The third kappa shape index (κ3) is 2.25. The van der Waals surface area contributed by atoms with E-state index in [0.717, 1.165) is 0 Å². The lowest BCUT2D eigenvalue weighted by atomic mass is 10.1. The number of carbonyl (C=O) groups is 1. The van der Waals surface area contributed by atoms with Crippen LogP contribution in [0.2, 0.25) is 0 Å². The molecule has 0 radical (unpaired) electrons. The molecule has 0 bridgehead atoms. The van der Waals surface area contributed by atoms with Gasteiger partial charge >= 0.3 is 0 Å². The van der Waals surface area contributed by atoms with Gasteiger partial charge in [-0.1, -0.05) is 0 Å². The molecule has 0 spiro atoms. The minimum atomic E-state index is -3.30. The van der Waals surface area contributed by atoms with E-state index in [1.807, 2.05) is 0 Å². The van der Waals surface area contributed by atoms with E-state index in [9.17, 15) is 13.2 Å². The van der Waals surface area contributed by atoms with Crippen molar-refractivity contribution in [3.8, 4) is 0 Å². The molecule has 1 rings (SSSR count). The first kappa shape index (κ1) is 8.63. The molecular formula is C5H10N2O3S. The summed E-state index contributed by atoms with van der Waals surface area (Å²) in [5.74, 6) is -0.224. The maximum atomic E-state index is 10.7. The Hall–Kier alpha value is -0.460. The normalized spacial score (nSPS) is 24.8. The standard InChI is InChI=1S/C5H10N2O3S/c1-4(8)5-2-6-11(9,10)7-3-5/h5-7H,2-3H2,1H3. The van der Waals surface area contributed by atoms with Crippen molar-refractivity contribution < 1.29 is 13.2 Å². The Kier molecular flexibility index (Phi) is 2.26. The SMILES string of the molecule is CC(=O)C1CNS(=O)(=O)NC1. The second-order valence-electron chi connectivity index (χ2n) is 2.51. The summed E-state index contributed by atoms with van der Waals surface area (Å²) in [5, 5.41) is 0. The highest BCUT2D eigenvalue weighted by atomic mass is 32.2. The van der Waals surface area contributed by atoms with Crippen molar-refractivity contribution in [1.29, 1.82) is 0 Å². The van der Waals surface area contributed by atoms with Crippen LogP contribution in [0, 0.1) is 5.92 Å². The number of ketones is 1. The zero-order valence-electron chi connectivity index (χ0n) is 6.12. The molecule has 1 saturated heterocycles. The molecule has 11 heavy (non-hydrogen) atoms. The largest absolute Gasteiger partial charge is 0.300 e. The summed E-state index contributed by atoms with van der Waals surface area (Å²) >= 11 is 0. The van der Waals surface area contributed by atoms with E-state index in [4.69, 9.17) is 0 Å². The summed E-state index contributed by atoms with van der Waals surface area (Å²) in [7, 11) is -3.30. The predicted molar refractivity (Wildman–Crippen MR) is 39.1 cm³/mol. The van der Waals surface area contributed by atoms with Crippen molar-refractivity contribution in [3.05, 3.63) is 0 Å². The zero-order valence-corrected chi connectivity index (χ0v) is 6.94. The summed E-state index contributed by atoms with van der Waals surface area (Å²) in [5.41, 5.74) is 0. The first-order valence-electron chi connectivity index (χ1n) is 3.26. The van der Waals surface area contributed by atoms with Crippen molar-refractivity contribution in [2.75, 3.05) is 13.1 Å². The number of hydrogen-bond donors (Lipinski definition) is 2. The molecule has 1 aliphatic rings. The second kappa shape index (κ2) is 2.88. The van der Waals surface area contributed by atoms with Crippen LogP contribution in [-0.4, -0.2) is 27.3 Å². The topological polar surface area (TPSA) is 75.3 Å². The molecular weight excluding hydrogens is 168 g/mol. The Morgan fingerprint density at radius 2 is 1.82 bits per heavy atom. The van der Waals surface area contributed by atoms with Crippen LogP contribution in [0.15, 0.2) is 0 Å².